The van der Waals surface area contributed by atoms with Crippen LogP contribution in [0, 0.1) is 0 Å². The van der Waals surface area contributed by atoms with Gasteiger partial charge in [-0.2, -0.15) is 0 Å². The molecule has 1 N–H and O–H groups in total. The number of hydrogen-bond donors (Lipinski definition) is 1. The Morgan fingerprint density at radius 1 is 1.38 bits per heavy atom. The van der Waals surface area contributed by atoms with Gasteiger partial charge in [0, 0.05) is 0 Å². The van der Waals surface area contributed by atoms with Crippen LogP contribution < -0.4 is 0 Å². The molecule has 0 saturated carbocycles. The van der Waals surface area contributed by atoms with Crippen LogP contribution in [-0.4, -0.2) is 18.8 Å². The maximum atomic E-state index is 8.11. The maximum Gasteiger partial charge on any atom is 0.485 e. The molecule has 0 saturated heterocycles. The lowest BCUT2D eigenvalue weighted by Crippen LogP contribution is -2.07. The van der Waals surface area contributed by atoms with Gasteiger partial charge in [0.05, 0.1) is 6.10 Å². The minimum atomic E-state index is -0.0556. The molecule has 1 aliphatic rings. The lowest BCUT2D eigenvalue weighted by Gasteiger charge is -2.00. The van der Waals surface area contributed by atoms with E-state index in [2.05, 4.69) is 4.65 Å². The highest BCUT2D eigenvalue weighted by Gasteiger charge is 2.01. The first-order valence-electron chi connectivity index (χ1n) is 2.40. The lowest BCUT2D eigenvalue weighted by atomic mass is 10.3. The van der Waals surface area contributed by atoms with E-state index in [1.165, 1.54) is 0 Å². The van der Waals surface area contributed by atoms with Gasteiger partial charge >= 0.3 is 7.69 Å². The zero-order valence-electron chi connectivity index (χ0n) is 4.32. The Kier molecular flexibility index (Phi) is 1.89. The first kappa shape index (κ1) is 5.60. The summed E-state index contributed by atoms with van der Waals surface area (Å²) in [6.07, 6.45) is 7.36. The molecule has 1 rings (SSSR count). The van der Waals surface area contributed by atoms with Gasteiger partial charge in [0.25, 0.3) is 0 Å². The molecule has 8 heavy (non-hydrogen) atoms. The molecule has 0 amide bonds. The summed E-state index contributed by atoms with van der Waals surface area (Å²) in [7, 11) is 0.699. The molecule has 41 valence electrons. The van der Waals surface area contributed by atoms with E-state index in [4.69, 9.17) is 5.02 Å². The molecule has 1 radical (unpaired) electrons. The quantitative estimate of drug-likeness (QED) is 0.506. The fraction of sp³-hybridized carbons (Fsp3) is 0.200. The summed E-state index contributed by atoms with van der Waals surface area (Å²) in [6.45, 7) is 0. The van der Waals surface area contributed by atoms with Crippen molar-refractivity contribution in [2.24, 2.45) is 0 Å². The molecule has 2 nitrogen and oxygen atoms in total. The Balaban J connectivity index is 2.27. The second kappa shape index (κ2) is 2.69. The highest BCUT2D eigenvalue weighted by Crippen LogP contribution is 2.01. The van der Waals surface area contributed by atoms with Crippen LogP contribution in [0.4, 0.5) is 0 Å². The Morgan fingerprint density at radius 3 is 2.50 bits per heavy atom. The predicted molar refractivity (Wildman–Crippen MR) is 31.1 cm³/mol. The molecule has 1 aliphatic carbocycles. The van der Waals surface area contributed by atoms with Crippen molar-refractivity contribution in [3.63, 3.8) is 0 Å². The highest BCUT2D eigenvalue weighted by atomic mass is 16.5. The predicted octanol–water partition coefficient (Wildman–Crippen LogP) is 0.0241. The van der Waals surface area contributed by atoms with Gasteiger partial charge in [-0.05, 0) is 0 Å². The third kappa shape index (κ3) is 1.22. The van der Waals surface area contributed by atoms with Crippen LogP contribution in [-0.2, 0) is 4.65 Å². The third-order valence-electron chi connectivity index (χ3n) is 0.931. The summed E-state index contributed by atoms with van der Waals surface area (Å²) in [5, 5.41) is 8.11. The van der Waals surface area contributed by atoms with Crippen molar-refractivity contribution in [1.82, 2.24) is 0 Å². The van der Waals surface area contributed by atoms with Crippen LogP contribution >= 0.6 is 0 Å². The van der Waals surface area contributed by atoms with E-state index in [1.807, 2.05) is 24.3 Å². The topological polar surface area (TPSA) is 29.5 Å². The van der Waals surface area contributed by atoms with Gasteiger partial charge in [0.15, 0.2) is 0 Å². The van der Waals surface area contributed by atoms with Crippen LogP contribution in [0.5, 0.6) is 0 Å². The summed E-state index contributed by atoms with van der Waals surface area (Å²) in [5.74, 6) is 0. The molecule has 0 spiro atoms. The standard InChI is InChI=1S/C5H6BO2/c7-6-8-5-3-1-2-4-5/h1-5,7H. The molecule has 0 fully saturated rings. The zero-order valence-corrected chi connectivity index (χ0v) is 4.32. The molecule has 0 heterocycles. The number of allylic oxidation sites excluding steroid dienone is 2. The second-order valence-corrected chi connectivity index (χ2v) is 1.48. The van der Waals surface area contributed by atoms with Crippen molar-refractivity contribution >= 4 is 7.69 Å². The summed E-state index contributed by atoms with van der Waals surface area (Å²) >= 11 is 0. The van der Waals surface area contributed by atoms with E-state index in [0.29, 0.717) is 7.69 Å². The van der Waals surface area contributed by atoms with Gasteiger partial charge in [0.1, 0.15) is 0 Å². The van der Waals surface area contributed by atoms with Gasteiger partial charge in [-0.25, -0.2) is 0 Å². The fourth-order valence-electron chi connectivity index (χ4n) is 0.572. The summed E-state index contributed by atoms with van der Waals surface area (Å²) < 4.78 is 4.66. The van der Waals surface area contributed by atoms with Gasteiger partial charge in [-0.1, -0.05) is 24.3 Å². The van der Waals surface area contributed by atoms with Crippen LogP contribution in [0.2, 0.25) is 0 Å². The van der Waals surface area contributed by atoms with Crippen LogP contribution in [0.1, 0.15) is 0 Å². The Labute approximate surface area is 48.8 Å². The normalized spacial score (nSPS) is 17.6. The molecular weight excluding hydrogens is 103 g/mol. The first-order chi connectivity index (χ1) is 3.93. The Morgan fingerprint density at radius 2 is 2.00 bits per heavy atom. The van der Waals surface area contributed by atoms with Crippen molar-refractivity contribution in [3.8, 4) is 0 Å². The second-order valence-electron chi connectivity index (χ2n) is 1.48. The Bertz CT molecular complexity index is 108. The van der Waals surface area contributed by atoms with Crippen LogP contribution in [0.15, 0.2) is 24.3 Å². The summed E-state index contributed by atoms with van der Waals surface area (Å²) in [6, 6.07) is 0. The molecule has 0 aromatic rings. The van der Waals surface area contributed by atoms with Crippen LogP contribution in [0.25, 0.3) is 0 Å². The maximum absolute atomic E-state index is 8.11. The van der Waals surface area contributed by atoms with Crippen molar-refractivity contribution in [1.29, 1.82) is 0 Å². The summed E-state index contributed by atoms with van der Waals surface area (Å²) in [5.41, 5.74) is 0. The fourth-order valence-corrected chi connectivity index (χ4v) is 0.572. The van der Waals surface area contributed by atoms with E-state index in [9.17, 15) is 0 Å². The lowest BCUT2D eigenvalue weighted by molar-refractivity contribution is 0.267. The van der Waals surface area contributed by atoms with Crippen molar-refractivity contribution in [2.45, 2.75) is 6.10 Å². The number of rotatable bonds is 2. The van der Waals surface area contributed by atoms with Gasteiger partial charge in [0.2, 0.25) is 0 Å². The average Bonchev–Trinajstić information content (AvgIpc) is 2.19. The average molecular weight is 109 g/mol. The summed E-state index contributed by atoms with van der Waals surface area (Å²) in [4.78, 5) is 0. The van der Waals surface area contributed by atoms with Crippen LogP contribution in [0.3, 0.4) is 0 Å². The van der Waals surface area contributed by atoms with E-state index in [1.54, 1.807) is 0 Å². The highest BCUT2D eigenvalue weighted by molar-refractivity contribution is 6.16. The number of hydrogen-bond acceptors (Lipinski definition) is 2. The minimum absolute atomic E-state index is 0.0556. The van der Waals surface area contributed by atoms with Gasteiger partial charge in [-0.3, -0.25) is 0 Å². The molecule has 0 aromatic heterocycles. The molecule has 0 unspecified atom stereocenters. The smallest absolute Gasteiger partial charge is 0.429 e. The third-order valence-corrected chi connectivity index (χ3v) is 0.931. The minimum Gasteiger partial charge on any atom is -0.429 e. The molecule has 0 bridgehead atoms. The zero-order chi connectivity index (χ0) is 5.82. The molecule has 0 aliphatic heterocycles. The van der Waals surface area contributed by atoms with Gasteiger partial charge < -0.3 is 9.68 Å². The van der Waals surface area contributed by atoms with E-state index in [-0.39, 0.29) is 6.10 Å². The molecule has 0 aromatic carbocycles. The van der Waals surface area contributed by atoms with Crippen molar-refractivity contribution < 1.29 is 9.68 Å². The molecule has 3 heteroatoms. The van der Waals surface area contributed by atoms with E-state index in [0.717, 1.165) is 0 Å². The van der Waals surface area contributed by atoms with Gasteiger partial charge in [-0.15, -0.1) is 0 Å². The van der Waals surface area contributed by atoms with Crippen molar-refractivity contribution in [3.05, 3.63) is 24.3 Å². The Hall–Kier alpha value is -0.535. The molecular formula is C5H6BO2. The molecule has 0 atom stereocenters. The van der Waals surface area contributed by atoms with Crippen molar-refractivity contribution in [2.75, 3.05) is 0 Å². The largest absolute Gasteiger partial charge is 0.485 e. The van der Waals surface area contributed by atoms with E-state index >= 15 is 0 Å². The van der Waals surface area contributed by atoms with E-state index < -0.39 is 0 Å². The monoisotopic (exact) mass is 109 g/mol. The SMILES string of the molecule is O[B]OC1C=CC=C1. The first-order valence-corrected chi connectivity index (χ1v) is 2.40.